The number of nitrogens with zero attached hydrogens (tertiary/aromatic N) is 2. The Morgan fingerprint density at radius 3 is 2.64 bits per heavy atom. The van der Waals surface area contributed by atoms with E-state index in [0.717, 1.165) is 18.2 Å². The first-order valence-electron chi connectivity index (χ1n) is 6.23. The van der Waals surface area contributed by atoms with Crippen molar-refractivity contribution in [2.45, 2.75) is 0 Å². The average Bonchev–Trinajstić information content (AvgIpc) is 2.89. The fraction of sp³-hybridized carbons (Fsp3) is 0. The molecular weight excluding hydrogens is 292 g/mol. The van der Waals surface area contributed by atoms with Gasteiger partial charge in [-0.25, -0.2) is 13.5 Å². The molecule has 5 nitrogen and oxygen atoms in total. The van der Waals surface area contributed by atoms with Gasteiger partial charge >= 0.3 is 0 Å². The molecule has 0 spiro atoms. The third kappa shape index (κ3) is 2.22. The minimum absolute atomic E-state index is 0.0854. The number of rotatable bonds is 3. The largest absolute Gasteiger partial charge is 0.366 e. The van der Waals surface area contributed by atoms with Crippen molar-refractivity contribution in [1.29, 1.82) is 0 Å². The molecule has 0 radical (unpaired) electrons. The number of carbonyl (C=O) groups excluding carboxylic acids is 2. The number of hydrogen-bond acceptors (Lipinski definition) is 3. The van der Waals surface area contributed by atoms with Gasteiger partial charge in [0.25, 0.3) is 5.91 Å². The van der Waals surface area contributed by atoms with E-state index in [1.165, 1.54) is 23.0 Å². The average molecular weight is 301 g/mol. The number of benzene rings is 2. The highest BCUT2D eigenvalue weighted by Crippen LogP contribution is 2.22. The molecule has 0 aliphatic carbocycles. The Morgan fingerprint density at radius 2 is 1.95 bits per heavy atom. The Balaban J connectivity index is 2.30. The molecule has 2 aromatic carbocycles. The van der Waals surface area contributed by atoms with Crippen molar-refractivity contribution in [2.24, 2.45) is 5.73 Å². The lowest BCUT2D eigenvalue weighted by molar-refractivity contribution is 0.100. The first-order chi connectivity index (χ1) is 10.5. The molecule has 1 heterocycles. The van der Waals surface area contributed by atoms with Crippen LogP contribution in [0.25, 0.3) is 16.6 Å². The standard InChI is InChI=1S/C15H9F2N3O2/c16-10-2-1-8(7-21)13(5-10)20-6-9-3-11(17)4-12(15(18)22)14(9)19-20/h1-7H,(H2,18,22). The number of hydrogen-bond donors (Lipinski definition) is 1. The molecule has 110 valence electrons. The summed E-state index contributed by atoms with van der Waals surface area (Å²) in [5.41, 5.74) is 5.68. The molecule has 0 aliphatic rings. The normalized spacial score (nSPS) is 10.8. The SMILES string of the molecule is NC(=O)c1cc(F)cc2cn(-c3cc(F)ccc3C=O)nc12. The molecule has 22 heavy (non-hydrogen) atoms. The Morgan fingerprint density at radius 1 is 1.18 bits per heavy atom. The van der Waals surface area contributed by atoms with Crippen LogP contribution in [0.4, 0.5) is 8.78 Å². The van der Waals surface area contributed by atoms with Crippen LogP contribution in [0.15, 0.2) is 36.5 Å². The molecule has 2 N–H and O–H groups in total. The number of halogens is 2. The van der Waals surface area contributed by atoms with Gasteiger partial charge < -0.3 is 5.73 Å². The zero-order valence-electron chi connectivity index (χ0n) is 11.1. The van der Waals surface area contributed by atoms with Crippen molar-refractivity contribution in [2.75, 3.05) is 0 Å². The van der Waals surface area contributed by atoms with Gasteiger partial charge in [-0.05, 0) is 24.3 Å². The Bertz CT molecular complexity index is 919. The van der Waals surface area contributed by atoms with E-state index in [1.807, 2.05) is 0 Å². The van der Waals surface area contributed by atoms with Crippen molar-refractivity contribution in [1.82, 2.24) is 9.78 Å². The maximum atomic E-state index is 13.5. The fourth-order valence-electron chi connectivity index (χ4n) is 2.22. The first-order valence-corrected chi connectivity index (χ1v) is 6.23. The summed E-state index contributed by atoms with van der Waals surface area (Å²) in [5, 5.41) is 4.43. The third-order valence-electron chi connectivity index (χ3n) is 3.21. The molecule has 7 heteroatoms. The maximum Gasteiger partial charge on any atom is 0.251 e. The second-order valence-corrected chi connectivity index (χ2v) is 4.65. The van der Waals surface area contributed by atoms with E-state index >= 15 is 0 Å². The van der Waals surface area contributed by atoms with Crippen LogP contribution >= 0.6 is 0 Å². The Hall–Kier alpha value is -3.09. The molecule has 0 fully saturated rings. The molecule has 1 amide bonds. The zero-order chi connectivity index (χ0) is 15.9. The molecule has 0 bridgehead atoms. The molecule has 0 saturated heterocycles. The lowest BCUT2D eigenvalue weighted by Crippen LogP contribution is -2.12. The molecule has 1 aromatic heterocycles. The van der Waals surface area contributed by atoms with Gasteiger partial charge in [-0.3, -0.25) is 9.59 Å². The van der Waals surface area contributed by atoms with E-state index in [2.05, 4.69) is 5.10 Å². The van der Waals surface area contributed by atoms with Crippen LogP contribution in [-0.2, 0) is 0 Å². The van der Waals surface area contributed by atoms with Crippen LogP contribution in [0.2, 0.25) is 0 Å². The summed E-state index contributed by atoms with van der Waals surface area (Å²) in [6.45, 7) is 0. The van der Waals surface area contributed by atoms with E-state index in [9.17, 15) is 18.4 Å². The van der Waals surface area contributed by atoms with E-state index in [4.69, 9.17) is 5.73 Å². The lowest BCUT2D eigenvalue weighted by atomic mass is 10.1. The minimum Gasteiger partial charge on any atom is -0.366 e. The summed E-state index contributed by atoms with van der Waals surface area (Å²) in [6.07, 6.45) is 1.95. The van der Waals surface area contributed by atoms with Crippen molar-refractivity contribution >= 4 is 23.1 Å². The number of aromatic nitrogens is 2. The third-order valence-corrected chi connectivity index (χ3v) is 3.21. The summed E-state index contributed by atoms with van der Waals surface area (Å²) < 4.78 is 28.1. The second-order valence-electron chi connectivity index (χ2n) is 4.65. The van der Waals surface area contributed by atoms with Gasteiger partial charge in [0.1, 0.15) is 17.2 Å². The highest BCUT2D eigenvalue weighted by atomic mass is 19.1. The second kappa shape index (κ2) is 5.03. The molecule has 3 rings (SSSR count). The van der Waals surface area contributed by atoms with E-state index in [0.29, 0.717) is 11.7 Å². The molecule has 0 unspecified atom stereocenters. The summed E-state index contributed by atoms with van der Waals surface area (Å²) in [4.78, 5) is 22.4. The van der Waals surface area contributed by atoms with Crippen LogP contribution in [-0.4, -0.2) is 22.0 Å². The van der Waals surface area contributed by atoms with Crippen LogP contribution in [0.1, 0.15) is 20.7 Å². The quantitative estimate of drug-likeness (QED) is 0.753. The Labute approximate surface area is 123 Å². The highest BCUT2D eigenvalue weighted by Gasteiger charge is 2.15. The summed E-state index contributed by atoms with van der Waals surface area (Å²) >= 11 is 0. The molecule has 3 aromatic rings. The summed E-state index contributed by atoms with van der Waals surface area (Å²) in [7, 11) is 0. The monoisotopic (exact) mass is 301 g/mol. The van der Waals surface area contributed by atoms with Gasteiger partial charge in [0.05, 0.1) is 11.3 Å². The van der Waals surface area contributed by atoms with Crippen molar-refractivity contribution in [3.05, 3.63) is 59.3 Å². The molecule has 0 atom stereocenters. The predicted octanol–water partition coefficient (Wildman–Crippen LogP) is 2.22. The lowest BCUT2D eigenvalue weighted by Gasteiger charge is -2.04. The van der Waals surface area contributed by atoms with Crippen LogP contribution in [0.3, 0.4) is 0 Å². The van der Waals surface area contributed by atoms with Gasteiger partial charge in [0, 0.05) is 23.2 Å². The molecule has 0 saturated carbocycles. The first kappa shape index (κ1) is 13.9. The topological polar surface area (TPSA) is 78.0 Å². The van der Waals surface area contributed by atoms with E-state index in [-0.39, 0.29) is 22.3 Å². The minimum atomic E-state index is -0.829. The zero-order valence-corrected chi connectivity index (χ0v) is 11.1. The van der Waals surface area contributed by atoms with Crippen molar-refractivity contribution in [3.8, 4) is 5.69 Å². The predicted molar refractivity (Wildman–Crippen MR) is 74.9 cm³/mol. The van der Waals surface area contributed by atoms with Gasteiger partial charge in [0.15, 0.2) is 6.29 Å². The fourth-order valence-corrected chi connectivity index (χ4v) is 2.22. The number of primary amides is 1. The maximum absolute atomic E-state index is 13.5. The van der Waals surface area contributed by atoms with Gasteiger partial charge in [-0.2, -0.15) is 5.10 Å². The van der Waals surface area contributed by atoms with Crippen LogP contribution < -0.4 is 5.73 Å². The highest BCUT2D eigenvalue weighted by molar-refractivity contribution is 6.04. The molecular formula is C15H9F2N3O2. The van der Waals surface area contributed by atoms with Crippen molar-refractivity contribution in [3.63, 3.8) is 0 Å². The number of amides is 1. The summed E-state index contributed by atoms with van der Waals surface area (Å²) in [5.74, 6) is -2.03. The number of fused-ring (bicyclic) bond motifs is 1. The van der Waals surface area contributed by atoms with E-state index in [1.54, 1.807) is 0 Å². The smallest absolute Gasteiger partial charge is 0.251 e. The van der Waals surface area contributed by atoms with Crippen molar-refractivity contribution < 1.29 is 18.4 Å². The van der Waals surface area contributed by atoms with Gasteiger partial charge in [0.2, 0.25) is 0 Å². The number of aldehydes is 1. The summed E-state index contributed by atoms with van der Waals surface area (Å²) in [6, 6.07) is 5.72. The number of carbonyl (C=O) groups is 2. The van der Waals surface area contributed by atoms with Gasteiger partial charge in [-0.1, -0.05) is 0 Å². The number of nitrogens with two attached hydrogens (primary N) is 1. The van der Waals surface area contributed by atoms with E-state index < -0.39 is 17.5 Å². The van der Waals surface area contributed by atoms with Gasteiger partial charge in [-0.15, -0.1) is 0 Å². The Kier molecular flexibility index (Phi) is 3.17. The molecule has 0 aliphatic heterocycles. The van der Waals surface area contributed by atoms with Crippen LogP contribution in [0, 0.1) is 11.6 Å². The van der Waals surface area contributed by atoms with Crippen LogP contribution in [0.5, 0.6) is 0 Å².